The Morgan fingerprint density at radius 2 is 1.67 bits per heavy atom. The van der Waals surface area contributed by atoms with E-state index in [9.17, 15) is 24.3 Å². The lowest BCUT2D eigenvalue weighted by Crippen LogP contribution is -2.23. The molecule has 0 saturated carbocycles. The first-order valence-electron chi connectivity index (χ1n) is 6.34. The van der Waals surface area contributed by atoms with Gasteiger partial charge in [-0.05, 0) is 6.92 Å². The molecule has 1 atom stereocenters. The summed E-state index contributed by atoms with van der Waals surface area (Å²) in [5, 5.41) is 36.7. The molecular formula is C14H10NO9. The molecule has 0 bridgehead atoms. The number of ether oxygens (including phenoxy) is 1. The van der Waals surface area contributed by atoms with Crippen molar-refractivity contribution < 1.29 is 44.3 Å². The van der Waals surface area contributed by atoms with Crippen LogP contribution in [0.15, 0.2) is 12.3 Å². The summed E-state index contributed by atoms with van der Waals surface area (Å²) in [6, 6.07) is 3.44. The van der Waals surface area contributed by atoms with E-state index in [0.717, 1.165) is 23.6 Å². The molecule has 10 nitrogen and oxygen atoms in total. The molecular weight excluding hydrogens is 326 g/mol. The Bertz CT molecular complexity index is 878. The molecule has 24 heavy (non-hydrogen) atoms. The third kappa shape index (κ3) is 2.77. The second-order valence-corrected chi connectivity index (χ2v) is 4.65. The molecule has 4 N–H and O–H groups in total. The van der Waals surface area contributed by atoms with Crippen LogP contribution in [0.4, 0.5) is 0 Å². The lowest BCUT2D eigenvalue weighted by Gasteiger charge is -2.11. The number of carboxylic acid groups (broad SMARTS) is 3. The van der Waals surface area contributed by atoms with Gasteiger partial charge in [-0.3, -0.25) is 4.40 Å². The SMILES string of the molecule is CC(O)C(=O)Oc1c[c]c2c(C(=O)O)c(C(=O)O)c(C(=O)O)cn12. The molecule has 0 spiro atoms. The van der Waals surface area contributed by atoms with Crippen molar-refractivity contribution in [3.63, 3.8) is 0 Å². The van der Waals surface area contributed by atoms with E-state index in [1.165, 1.54) is 0 Å². The molecule has 2 heterocycles. The second-order valence-electron chi connectivity index (χ2n) is 4.65. The molecule has 10 heteroatoms. The second kappa shape index (κ2) is 6.01. The van der Waals surface area contributed by atoms with Crippen molar-refractivity contribution in [1.29, 1.82) is 0 Å². The van der Waals surface area contributed by atoms with Gasteiger partial charge in [0.15, 0.2) is 0 Å². The van der Waals surface area contributed by atoms with E-state index in [1.54, 1.807) is 0 Å². The van der Waals surface area contributed by atoms with Crippen LogP contribution in [-0.4, -0.2) is 54.8 Å². The number of fused-ring (bicyclic) bond motifs is 1. The Labute approximate surface area is 133 Å². The molecule has 2 aromatic heterocycles. The zero-order valence-electron chi connectivity index (χ0n) is 12.0. The maximum Gasteiger partial charge on any atom is 0.341 e. The number of carboxylic acids is 3. The van der Waals surface area contributed by atoms with Crippen LogP contribution < -0.4 is 4.74 Å². The maximum atomic E-state index is 11.4. The highest BCUT2D eigenvalue weighted by molar-refractivity contribution is 6.12. The smallest absolute Gasteiger partial charge is 0.341 e. The molecule has 0 saturated heterocycles. The summed E-state index contributed by atoms with van der Waals surface area (Å²) in [5.74, 6) is -6.51. The van der Waals surface area contributed by atoms with Crippen LogP contribution in [0.5, 0.6) is 5.88 Å². The van der Waals surface area contributed by atoms with Gasteiger partial charge < -0.3 is 25.2 Å². The van der Waals surface area contributed by atoms with E-state index < -0.39 is 46.7 Å². The predicted octanol–water partition coefficient (Wildman–Crippen LogP) is 0.120. The minimum absolute atomic E-state index is 0.307. The summed E-state index contributed by atoms with van der Waals surface area (Å²) >= 11 is 0. The summed E-state index contributed by atoms with van der Waals surface area (Å²) in [6.07, 6.45) is -0.680. The van der Waals surface area contributed by atoms with Crippen LogP contribution >= 0.6 is 0 Å². The highest BCUT2D eigenvalue weighted by atomic mass is 16.6. The van der Waals surface area contributed by atoms with Crippen molar-refractivity contribution >= 4 is 29.4 Å². The van der Waals surface area contributed by atoms with Gasteiger partial charge in [0.2, 0.25) is 5.88 Å². The fourth-order valence-electron chi connectivity index (χ4n) is 2.01. The van der Waals surface area contributed by atoms with Gasteiger partial charge in [-0.2, -0.15) is 0 Å². The molecule has 1 radical (unpaired) electrons. The molecule has 0 aliphatic heterocycles. The fourth-order valence-corrected chi connectivity index (χ4v) is 2.01. The Balaban J connectivity index is 2.83. The van der Waals surface area contributed by atoms with E-state index in [1.807, 2.05) is 0 Å². The van der Waals surface area contributed by atoms with Gasteiger partial charge in [0, 0.05) is 18.3 Å². The molecule has 0 amide bonds. The zero-order chi connectivity index (χ0) is 18.2. The molecule has 0 aromatic carbocycles. The van der Waals surface area contributed by atoms with Crippen LogP contribution in [-0.2, 0) is 4.79 Å². The Morgan fingerprint density at radius 1 is 1.08 bits per heavy atom. The zero-order valence-corrected chi connectivity index (χ0v) is 12.0. The third-order valence-corrected chi connectivity index (χ3v) is 3.03. The fraction of sp³-hybridized carbons (Fsp3) is 0.143. The van der Waals surface area contributed by atoms with E-state index in [0.29, 0.717) is 0 Å². The highest BCUT2D eigenvalue weighted by Gasteiger charge is 2.29. The number of aliphatic hydroxyl groups excluding tert-OH is 1. The van der Waals surface area contributed by atoms with Crippen LogP contribution in [0.2, 0.25) is 0 Å². The van der Waals surface area contributed by atoms with Crippen molar-refractivity contribution in [1.82, 2.24) is 4.40 Å². The monoisotopic (exact) mass is 336 g/mol. The summed E-state index contributed by atoms with van der Waals surface area (Å²) < 4.78 is 5.67. The number of hydrogen-bond donors (Lipinski definition) is 4. The summed E-state index contributed by atoms with van der Waals surface area (Å²) in [5.41, 5.74) is -2.86. The summed E-state index contributed by atoms with van der Waals surface area (Å²) in [6.45, 7) is 1.13. The average molecular weight is 336 g/mol. The number of aromatic nitrogens is 1. The van der Waals surface area contributed by atoms with Crippen LogP contribution in [0.3, 0.4) is 0 Å². The standard InChI is InChI=1S/C14H10NO9/c1-5(16)14(23)24-8-3-2-7-10(13(21)22)9(12(19)20)6(11(17)18)4-15(7)8/h3-5,16H,1H3,(H,17,18)(H,19,20)(H,21,22). The molecule has 0 fully saturated rings. The molecule has 0 aliphatic carbocycles. The van der Waals surface area contributed by atoms with Crippen molar-refractivity contribution in [2.24, 2.45) is 0 Å². The topological polar surface area (TPSA) is 163 Å². The number of esters is 1. The molecule has 2 aromatic rings. The third-order valence-electron chi connectivity index (χ3n) is 3.03. The van der Waals surface area contributed by atoms with Crippen molar-refractivity contribution in [3.8, 4) is 5.88 Å². The first kappa shape index (κ1) is 17.0. The predicted molar refractivity (Wildman–Crippen MR) is 74.4 cm³/mol. The number of carbonyl (C=O) groups is 4. The first-order valence-corrected chi connectivity index (χ1v) is 6.34. The van der Waals surface area contributed by atoms with Crippen molar-refractivity contribution in [3.05, 3.63) is 35.0 Å². The normalized spacial score (nSPS) is 11.9. The number of aliphatic hydroxyl groups is 1. The number of aromatic carboxylic acids is 3. The van der Waals surface area contributed by atoms with Crippen molar-refractivity contribution in [2.75, 3.05) is 0 Å². The van der Waals surface area contributed by atoms with E-state index in [2.05, 4.69) is 6.07 Å². The number of pyridine rings is 1. The largest absolute Gasteiger partial charge is 0.478 e. The van der Waals surface area contributed by atoms with Gasteiger partial charge in [0.1, 0.15) is 6.10 Å². The van der Waals surface area contributed by atoms with E-state index >= 15 is 0 Å². The number of rotatable bonds is 5. The summed E-state index contributed by atoms with van der Waals surface area (Å²) in [4.78, 5) is 45.4. The summed E-state index contributed by atoms with van der Waals surface area (Å²) in [7, 11) is 0. The van der Waals surface area contributed by atoms with Gasteiger partial charge in [-0.25, -0.2) is 19.2 Å². The molecule has 0 aliphatic rings. The Hall–Kier alpha value is -3.40. The quantitative estimate of drug-likeness (QED) is 0.555. The van der Waals surface area contributed by atoms with Crippen LogP contribution in [0.1, 0.15) is 38.0 Å². The lowest BCUT2D eigenvalue weighted by molar-refractivity contribution is -0.143. The average Bonchev–Trinajstić information content (AvgIpc) is 2.87. The Kier molecular flexibility index (Phi) is 4.24. The molecule has 2 rings (SSSR count). The van der Waals surface area contributed by atoms with Crippen LogP contribution in [0, 0.1) is 6.07 Å². The maximum absolute atomic E-state index is 11.4. The lowest BCUT2D eigenvalue weighted by atomic mass is 10.0. The van der Waals surface area contributed by atoms with E-state index in [-0.39, 0.29) is 11.4 Å². The van der Waals surface area contributed by atoms with Gasteiger partial charge >= 0.3 is 23.9 Å². The van der Waals surface area contributed by atoms with Gasteiger partial charge in [0.25, 0.3) is 0 Å². The number of carbonyl (C=O) groups excluding carboxylic acids is 1. The van der Waals surface area contributed by atoms with Gasteiger partial charge in [-0.15, -0.1) is 0 Å². The van der Waals surface area contributed by atoms with Gasteiger partial charge in [0.05, 0.1) is 22.2 Å². The Morgan fingerprint density at radius 3 is 2.12 bits per heavy atom. The molecule has 125 valence electrons. The van der Waals surface area contributed by atoms with Crippen LogP contribution in [0.25, 0.3) is 5.52 Å². The highest BCUT2D eigenvalue weighted by Crippen LogP contribution is 2.26. The number of nitrogens with zero attached hydrogens (tertiary/aromatic N) is 1. The minimum Gasteiger partial charge on any atom is -0.478 e. The van der Waals surface area contributed by atoms with Gasteiger partial charge in [-0.1, -0.05) is 0 Å². The first-order chi connectivity index (χ1) is 11.1. The molecule has 1 unspecified atom stereocenters. The van der Waals surface area contributed by atoms with E-state index in [4.69, 9.17) is 20.1 Å². The van der Waals surface area contributed by atoms with Crippen molar-refractivity contribution in [2.45, 2.75) is 13.0 Å². The number of hydrogen-bond acceptors (Lipinski definition) is 6. The minimum atomic E-state index is -1.75.